The standard InChI is InChI=1S/C19H18ClNO2/c1-13-6-9-17(16(20)12-13)22-10-11-23-18-5-3-4-15-8-7-14(2)21-19(15)18/h3-9,12H,10-11H2,1-2H3. The van der Waals surface area contributed by atoms with Crippen LogP contribution in [0.2, 0.25) is 5.02 Å². The molecule has 0 radical (unpaired) electrons. The third kappa shape index (κ3) is 3.74. The average molecular weight is 328 g/mol. The van der Waals surface area contributed by atoms with E-state index in [1.54, 1.807) is 0 Å². The number of halogens is 1. The number of hydrogen-bond acceptors (Lipinski definition) is 3. The van der Waals surface area contributed by atoms with Crippen molar-refractivity contribution >= 4 is 22.5 Å². The molecule has 118 valence electrons. The van der Waals surface area contributed by atoms with Gasteiger partial charge in [-0.2, -0.15) is 0 Å². The molecule has 3 aromatic rings. The van der Waals surface area contributed by atoms with Crippen molar-refractivity contribution in [3.05, 3.63) is 64.8 Å². The first-order valence-corrected chi connectivity index (χ1v) is 7.89. The number of benzene rings is 2. The Hall–Kier alpha value is -2.26. The van der Waals surface area contributed by atoms with E-state index in [-0.39, 0.29) is 0 Å². The summed E-state index contributed by atoms with van der Waals surface area (Å²) in [7, 11) is 0. The van der Waals surface area contributed by atoms with Crippen LogP contribution in [0.25, 0.3) is 10.9 Å². The Morgan fingerprint density at radius 2 is 1.70 bits per heavy atom. The van der Waals surface area contributed by atoms with Crippen LogP contribution < -0.4 is 9.47 Å². The molecule has 23 heavy (non-hydrogen) atoms. The number of hydrogen-bond donors (Lipinski definition) is 0. The van der Waals surface area contributed by atoms with Gasteiger partial charge >= 0.3 is 0 Å². The first kappa shape index (κ1) is 15.6. The van der Waals surface area contributed by atoms with Crippen molar-refractivity contribution in [1.29, 1.82) is 0 Å². The molecule has 0 aliphatic carbocycles. The summed E-state index contributed by atoms with van der Waals surface area (Å²) in [4.78, 5) is 4.55. The van der Waals surface area contributed by atoms with Gasteiger partial charge in [0.1, 0.15) is 30.2 Å². The molecule has 0 saturated carbocycles. The highest BCUT2D eigenvalue weighted by Gasteiger charge is 2.05. The maximum Gasteiger partial charge on any atom is 0.145 e. The summed E-state index contributed by atoms with van der Waals surface area (Å²) in [5.41, 5.74) is 2.95. The minimum Gasteiger partial charge on any atom is -0.488 e. The van der Waals surface area contributed by atoms with E-state index in [1.165, 1.54) is 0 Å². The summed E-state index contributed by atoms with van der Waals surface area (Å²) in [5, 5.41) is 1.68. The highest BCUT2D eigenvalue weighted by Crippen LogP contribution is 2.26. The summed E-state index contributed by atoms with van der Waals surface area (Å²) in [6.07, 6.45) is 0. The predicted molar refractivity (Wildman–Crippen MR) is 93.7 cm³/mol. The number of aromatic nitrogens is 1. The van der Waals surface area contributed by atoms with Crippen molar-refractivity contribution in [2.75, 3.05) is 13.2 Å². The van der Waals surface area contributed by atoms with Crippen molar-refractivity contribution in [3.63, 3.8) is 0 Å². The van der Waals surface area contributed by atoms with Gasteiger partial charge in [0.25, 0.3) is 0 Å². The van der Waals surface area contributed by atoms with Gasteiger partial charge in [0, 0.05) is 11.1 Å². The minimum atomic E-state index is 0.422. The molecule has 0 spiro atoms. The fourth-order valence-electron chi connectivity index (χ4n) is 2.36. The Morgan fingerprint density at radius 1 is 0.913 bits per heavy atom. The maximum atomic E-state index is 6.15. The zero-order valence-electron chi connectivity index (χ0n) is 13.2. The molecular formula is C19H18ClNO2. The van der Waals surface area contributed by atoms with Crippen LogP contribution in [0.4, 0.5) is 0 Å². The highest BCUT2D eigenvalue weighted by atomic mass is 35.5. The van der Waals surface area contributed by atoms with Crippen LogP contribution in [0.1, 0.15) is 11.3 Å². The lowest BCUT2D eigenvalue weighted by molar-refractivity contribution is 0.218. The van der Waals surface area contributed by atoms with Crippen molar-refractivity contribution in [2.45, 2.75) is 13.8 Å². The first-order valence-electron chi connectivity index (χ1n) is 7.51. The van der Waals surface area contributed by atoms with Gasteiger partial charge in [-0.15, -0.1) is 0 Å². The predicted octanol–water partition coefficient (Wildman–Crippen LogP) is 4.96. The summed E-state index contributed by atoms with van der Waals surface area (Å²) in [6.45, 7) is 4.82. The maximum absolute atomic E-state index is 6.15. The Morgan fingerprint density at radius 3 is 2.48 bits per heavy atom. The molecule has 1 heterocycles. The van der Waals surface area contributed by atoms with Crippen molar-refractivity contribution < 1.29 is 9.47 Å². The Kier molecular flexibility index (Phi) is 4.68. The summed E-state index contributed by atoms with van der Waals surface area (Å²) in [5.74, 6) is 1.44. The van der Waals surface area contributed by atoms with Crippen LogP contribution in [0.5, 0.6) is 11.5 Å². The molecule has 0 fully saturated rings. The Balaban J connectivity index is 1.64. The summed E-state index contributed by atoms with van der Waals surface area (Å²) >= 11 is 6.15. The van der Waals surface area contributed by atoms with E-state index in [2.05, 4.69) is 4.98 Å². The third-order valence-corrected chi connectivity index (χ3v) is 3.80. The zero-order valence-corrected chi connectivity index (χ0v) is 13.9. The molecule has 0 aliphatic heterocycles. The van der Waals surface area contributed by atoms with E-state index >= 15 is 0 Å². The molecule has 0 N–H and O–H groups in total. The van der Waals surface area contributed by atoms with E-state index in [9.17, 15) is 0 Å². The lowest BCUT2D eigenvalue weighted by Gasteiger charge is -2.11. The van der Waals surface area contributed by atoms with Crippen LogP contribution in [0, 0.1) is 13.8 Å². The zero-order chi connectivity index (χ0) is 16.2. The molecule has 0 aliphatic rings. The van der Waals surface area contributed by atoms with Crippen LogP contribution in [0.3, 0.4) is 0 Å². The highest BCUT2D eigenvalue weighted by molar-refractivity contribution is 6.32. The van der Waals surface area contributed by atoms with Gasteiger partial charge in [-0.3, -0.25) is 0 Å². The number of nitrogens with zero attached hydrogens (tertiary/aromatic N) is 1. The van der Waals surface area contributed by atoms with E-state index in [0.717, 1.165) is 27.9 Å². The molecule has 0 bridgehead atoms. The van der Waals surface area contributed by atoms with Gasteiger partial charge < -0.3 is 9.47 Å². The van der Waals surface area contributed by atoms with Gasteiger partial charge in [-0.1, -0.05) is 35.9 Å². The van der Waals surface area contributed by atoms with Gasteiger partial charge in [-0.05, 0) is 43.7 Å². The van der Waals surface area contributed by atoms with E-state index in [4.69, 9.17) is 21.1 Å². The van der Waals surface area contributed by atoms with E-state index < -0.39 is 0 Å². The van der Waals surface area contributed by atoms with Gasteiger partial charge in [-0.25, -0.2) is 4.98 Å². The van der Waals surface area contributed by atoms with E-state index in [1.807, 2.05) is 62.4 Å². The smallest absolute Gasteiger partial charge is 0.145 e. The number of rotatable bonds is 5. The van der Waals surface area contributed by atoms with Gasteiger partial charge in [0.05, 0.1) is 5.02 Å². The van der Waals surface area contributed by atoms with Crippen molar-refractivity contribution in [2.24, 2.45) is 0 Å². The quantitative estimate of drug-likeness (QED) is 0.620. The van der Waals surface area contributed by atoms with E-state index in [0.29, 0.717) is 24.0 Å². The monoisotopic (exact) mass is 327 g/mol. The lowest BCUT2D eigenvalue weighted by Crippen LogP contribution is -2.09. The number of para-hydroxylation sites is 1. The van der Waals surface area contributed by atoms with Gasteiger partial charge in [0.15, 0.2) is 0 Å². The SMILES string of the molecule is Cc1ccc(OCCOc2cccc3ccc(C)nc23)c(Cl)c1. The van der Waals surface area contributed by atoms with Crippen LogP contribution in [-0.4, -0.2) is 18.2 Å². The lowest BCUT2D eigenvalue weighted by atomic mass is 10.2. The summed E-state index contributed by atoms with van der Waals surface area (Å²) in [6, 6.07) is 15.7. The Bertz CT molecular complexity index is 833. The van der Waals surface area contributed by atoms with Crippen molar-refractivity contribution in [1.82, 2.24) is 4.98 Å². The number of aryl methyl sites for hydroxylation is 2. The molecule has 3 nitrogen and oxygen atoms in total. The topological polar surface area (TPSA) is 31.4 Å². The number of fused-ring (bicyclic) bond motifs is 1. The molecule has 1 aromatic heterocycles. The molecule has 0 amide bonds. The molecule has 2 aromatic carbocycles. The number of ether oxygens (including phenoxy) is 2. The van der Waals surface area contributed by atoms with Crippen molar-refractivity contribution in [3.8, 4) is 11.5 Å². The van der Waals surface area contributed by atoms with Crippen LogP contribution in [0.15, 0.2) is 48.5 Å². The molecule has 3 rings (SSSR count). The van der Waals surface area contributed by atoms with Gasteiger partial charge in [0.2, 0.25) is 0 Å². The van der Waals surface area contributed by atoms with Crippen LogP contribution in [-0.2, 0) is 0 Å². The Labute approximate surface area is 140 Å². The second-order valence-corrected chi connectivity index (χ2v) is 5.82. The second kappa shape index (κ2) is 6.88. The fourth-order valence-corrected chi connectivity index (χ4v) is 2.65. The fraction of sp³-hybridized carbons (Fsp3) is 0.211. The number of pyridine rings is 1. The minimum absolute atomic E-state index is 0.422. The third-order valence-electron chi connectivity index (χ3n) is 3.51. The molecule has 0 saturated heterocycles. The average Bonchev–Trinajstić information content (AvgIpc) is 2.53. The van der Waals surface area contributed by atoms with Crippen LogP contribution >= 0.6 is 11.6 Å². The first-order chi connectivity index (χ1) is 11.1. The normalized spacial score (nSPS) is 10.7. The molecular weight excluding hydrogens is 310 g/mol. The molecule has 4 heteroatoms. The largest absolute Gasteiger partial charge is 0.488 e. The molecule has 0 unspecified atom stereocenters. The second-order valence-electron chi connectivity index (χ2n) is 5.41. The molecule has 0 atom stereocenters. The summed E-state index contributed by atoms with van der Waals surface area (Å²) < 4.78 is 11.5.